The first-order valence-electron chi connectivity index (χ1n) is 4.62. The molecule has 3 nitrogen and oxygen atoms in total. The van der Waals surface area contributed by atoms with Gasteiger partial charge in [0.25, 0.3) is 0 Å². The smallest absolute Gasteiger partial charge is 0.128 e. The number of hydrogen-bond acceptors (Lipinski definition) is 3. The van der Waals surface area contributed by atoms with Crippen molar-refractivity contribution in [2.24, 2.45) is 5.73 Å². The molecule has 0 atom stereocenters. The maximum Gasteiger partial charge on any atom is 0.128 e. The molecule has 0 aliphatic heterocycles. The lowest BCUT2D eigenvalue weighted by Gasteiger charge is -2.16. The summed E-state index contributed by atoms with van der Waals surface area (Å²) in [5.74, 6) is 0.951. The molecule has 76 valence electrons. The van der Waals surface area contributed by atoms with Crippen molar-refractivity contribution in [3.05, 3.63) is 23.9 Å². The van der Waals surface area contributed by atoms with Gasteiger partial charge in [-0.05, 0) is 18.6 Å². The molecule has 1 aromatic rings. The van der Waals surface area contributed by atoms with Crippen LogP contribution in [0.15, 0.2) is 18.3 Å². The van der Waals surface area contributed by atoms with Gasteiger partial charge in [-0.3, -0.25) is 0 Å². The van der Waals surface area contributed by atoms with E-state index in [2.05, 4.69) is 16.8 Å². The lowest BCUT2D eigenvalue weighted by atomic mass is 10.3. The number of nitrogens with zero attached hydrogens (tertiary/aromatic N) is 2. The molecule has 0 unspecified atom stereocenters. The van der Waals surface area contributed by atoms with Crippen molar-refractivity contribution in [3.63, 3.8) is 0 Å². The van der Waals surface area contributed by atoms with Crippen molar-refractivity contribution in [2.75, 3.05) is 18.5 Å². The Balaban J connectivity index is 2.77. The summed E-state index contributed by atoms with van der Waals surface area (Å²) in [4.78, 5) is 6.77. The van der Waals surface area contributed by atoms with E-state index in [1.165, 1.54) is 0 Å². The maximum absolute atomic E-state index is 5.48. The van der Waals surface area contributed by atoms with Gasteiger partial charge in [-0.2, -0.15) is 0 Å². The van der Waals surface area contributed by atoms with Crippen LogP contribution in [0, 0.1) is 0 Å². The van der Waals surface area contributed by atoms with Crippen LogP contribution in [0.5, 0.6) is 0 Å². The zero-order valence-electron chi connectivity index (χ0n) is 8.53. The van der Waals surface area contributed by atoms with E-state index < -0.39 is 0 Å². The van der Waals surface area contributed by atoms with E-state index in [1.807, 2.05) is 19.2 Å². The number of pyridine rings is 1. The fraction of sp³-hybridized carbons (Fsp3) is 0.400. The maximum atomic E-state index is 5.48. The SMILES string of the molecule is CCCN(C)c1ccc(C(N)=S)cn1. The molecule has 0 saturated carbocycles. The largest absolute Gasteiger partial charge is 0.389 e. The van der Waals surface area contributed by atoms with E-state index in [-0.39, 0.29) is 0 Å². The van der Waals surface area contributed by atoms with E-state index in [0.717, 1.165) is 24.3 Å². The number of aromatic nitrogens is 1. The lowest BCUT2D eigenvalue weighted by Crippen LogP contribution is -2.19. The summed E-state index contributed by atoms with van der Waals surface area (Å²) in [6, 6.07) is 3.83. The third-order valence-corrected chi connectivity index (χ3v) is 2.22. The molecule has 0 bridgehead atoms. The third kappa shape index (κ3) is 2.67. The first kappa shape index (κ1) is 10.9. The van der Waals surface area contributed by atoms with E-state index >= 15 is 0 Å². The van der Waals surface area contributed by atoms with Crippen LogP contribution in [0.25, 0.3) is 0 Å². The van der Waals surface area contributed by atoms with Crippen LogP contribution >= 0.6 is 12.2 Å². The summed E-state index contributed by atoms with van der Waals surface area (Å²) >= 11 is 4.85. The summed E-state index contributed by atoms with van der Waals surface area (Å²) in [6.07, 6.45) is 2.82. The third-order valence-electron chi connectivity index (χ3n) is 1.98. The number of anilines is 1. The van der Waals surface area contributed by atoms with Crippen LogP contribution in [0.3, 0.4) is 0 Å². The second-order valence-electron chi connectivity index (χ2n) is 3.19. The first-order valence-corrected chi connectivity index (χ1v) is 5.03. The van der Waals surface area contributed by atoms with Crippen molar-refractivity contribution in [3.8, 4) is 0 Å². The highest BCUT2D eigenvalue weighted by Crippen LogP contribution is 2.09. The summed E-state index contributed by atoms with van der Waals surface area (Å²) in [5.41, 5.74) is 6.29. The van der Waals surface area contributed by atoms with Crippen LogP contribution in [0.4, 0.5) is 5.82 Å². The van der Waals surface area contributed by atoms with Gasteiger partial charge in [0, 0.05) is 25.4 Å². The Morgan fingerprint density at radius 1 is 1.57 bits per heavy atom. The molecular formula is C10H15N3S. The van der Waals surface area contributed by atoms with Gasteiger partial charge in [-0.15, -0.1) is 0 Å². The average Bonchev–Trinajstić information content (AvgIpc) is 2.18. The monoisotopic (exact) mass is 209 g/mol. The highest BCUT2D eigenvalue weighted by atomic mass is 32.1. The predicted octanol–water partition coefficient (Wildman–Crippen LogP) is 1.56. The van der Waals surface area contributed by atoms with Gasteiger partial charge in [0.05, 0.1) is 0 Å². The summed E-state index contributed by atoms with van der Waals surface area (Å²) in [5, 5.41) is 0. The highest BCUT2D eigenvalue weighted by Gasteiger charge is 2.01. The molecule has 0 aliphatic carbocycles. The molecule has 4 heteroatoms. The van der Waals surface area contributed by atoms with E-state index in [4.69, 9.17) is 18.0 Å². The summed E-state index contributed by atoms with van der Waals surface area (Å²) in [6.45, 7) is 3.14. The van der Waals surface area contributed by atoms with Gasteiger partial charge in [0.15, 0.2) is 0 Å². The normalized spacial score (nSPS) is 9.86. The fourth-order valence-electron chi connectivity index (χ4n) is 1.21. The van der Waals surface area contributed by atoms with Gasteiger partial charge in [-0.1, -0.05) is 19.1 Å². The molecule has 0 aromatic carbocycles. The zero-order chi connectivity index (χ0) is 10.6. The van der Waals surface area contributed by atoms with Gasteiger partial charge < -0.3 is 10.6 Å². The Hall–Kier alpha value is -1.16. The molecule has 1 aromatic heterocycles. The molecule has 1 rings (SSSR count). The molecule has 14 heavy (non-hydrogen) atoms. The van der Waals surface area contributed by atoms with E-state index in [9.17, 15) is 0 Å². The van der Waals surface area contributed by atoms with Gasteiger partial charge >= 0.3 is 0 Å². The van der Waals surface area contributed by atoms with Crippen molar-refractivity contribution in [1.29, 1.82) is 0 Å². The van der Waals surface area contributed by atoms with Crippen LogP contribution in [-0.4, -0.2) is 23.6 Å². The van der Waals surface area contributed by atoms with Crippen LogP contribution in [0.1, 0.15) is 18.9 Å². The van der Waals surface area contributed by atoms with E-state index in [1.54, 1.807) is 6.20 Å². The fourth-order valence-corrected chi connectivity index (χ4v) is 1.33. The molecule has 2 N–H and O–H groups in total. The Morgan fingerprint density at radius 2 is 2.29 bits per heavy atom. The molecule has 0 spiro atoms. The van der Waals surface area contributed by atoms with Gasteiger partial charge in [0.1, 0.15) is 10.8 Å². The van der Waals surface area contributed by atoms with Crippen molar-refractivity contribution in [1.82, 2.24) is 4.98 Å². The minimum absolute atomic E-state index is 0.391. The van der Waals surface area contributed by atoms with Crippen LogP contribution < -0.4 is 10.6 Å². The molecule has 0 fully saturated rings. The Morgan fingerprint density at radius 3 is 2.71 bits per heavy atom. The lowest BCUT2D eigenvalue weighted by molar-refractivity contribution is 0.838. The molecule has 1 heterocycles. The van der Waals surface area contributed by atoms with E-state index in [0.29, 0.717) is 4.99 Å². The van der Waals surface area contributed by atoms with Crippen molar-refractivity contribution in [2.45, 2.75) is 13.3 Å². The topological polar surface area (TPSA) is 42.1 Å². The quantitative estimate of drug-likeness (QED) is 0.764. The Kier molecular flexibility index (Phi) is 3.83. The highest BCUT2D eigenvalue weighted by molar-refractivity contribution is 7.80. The number of thiocarbonyl (C=S) groups is 1. The van der Waals surface area contributed by atoms with Gasteiger partial charge in [-0.25, -0.2) is 4.98 Å². The van der Waals surface area contributed by atoms with Crippen molar-refractivity contribution < 1.29 is 0 Å². The number of rotatable bonds is 4. The Labute approximate surface area is 89.9 Å². The zero-order valence-corrected chi connectivity index (χ0v) is 9.34. The summed E-state index contributed by atoms with van der Waals surface area (Å²) < 4.78 is 0. The predicted molar refractivity (Wildman–Crippen MR) is 63.7 cm³/mol. The number of hydrogen-bond donors (Lipinski definition) is 1. The molecule has 0 radical (unpaired) electrons. The van der Waals surface area contributed by atoms with Crippen LogP contribution in [0.2, 0.25) is 0 Å². The van der Waals surface area contributed by atoms with Gasteiger partial charge in [0.2, 0.25) is 0 Å². The first-order chi connectivity index (χ1) is 6.65. The van der Waals surface area contributed by atoms with Crippen LogP contribution in [-0.2, 0) is 0 Å². The van der Waals surface area contributed by atoms with Crippen molar-refractivity contribution >= 4 is 23.0 Å². The number of nitrogens with two attached hydrogens (primary N) is 1. The molecule has 0 aliphatic rings. The minimum atomic E-state index is 0.391. The summed E-state index contributed by atoms with van der Waals surface area (Å²) in [7, 11) is 2.02. The molecule has 0 saturated heterocycles. The molecule has 0 amide bonds. The molecular weight excluding hydrogens is 194 g/mol. The standard InChI is InChI=1S/C10H15N3S/c1-3-6-13(2)9-5-4-8(7-12-9)10(11)14/h4-5,7H,3,6H2,1-2H3,(H2,11,14). The second kappa shape index (κ2) is 4.91. The second-order valence-corrected chi connectivity index (χ2v) is 3.63. The Bertz CT molecular complexity index is 308. The minimum Gasteiger partial charge on any atom is -0.389 e. The average molecular weight is 209 g/mol.